The molecule has 11 heteroatoms. The van der Waals surface area contributed by atoms with Crippen molar-refractivity contribution < 1.29 is 22.8 Å². The first-order valence-electron chi connectivity index (χ1n) is 11.7. The van der Waals surface area contributed by atoms with Crippen molar-refractivity contribution in [2.24, 2.45) is 5.41 Å². The van der Waals surface area contributed by atoms with Gasteiger partial charge in [0.1, 0.15) is 0 Å². The highest BCUT2D eigenvalue weighted by Gasteiger charge is 2.73. The fourth-order valence-electron chi connectivity index (χ4n) is 5.58. The van der Waals surface area contributed by atoms with E-state index < -0.39 is 45.4 Å². The Morgan fingerprint density at radius 3 is 2.18 bits per heavy atom. The van der Waals surface area contributed by atoms with Crippen LogP contribution in [0.2, 0.25) is 10.0 Å². The third kappa shape index (κ3) is 3.66. The molecule has 1 amide bonds. The number of aromatic amines is 1. The van der Waals surface area contributed by atoms with Gasteiger partial charge in [-0.2, -0.15) is 13.2 Å². The molecule has 1 aromatic heterocycles. The normalized spacial score (nSPS) is 21.3. The molecule has 6 nitrogen and oxygen atoms in total. The lowest BCUT2D eigenvalue weighted by atomic mass is 9.66. The molecule has 3 aromatic rings. The average molecular weight is 564 g/mol. The van der Waals surface area contributed by atoms with Gasteiger partial charge in [-0.1, -0.05) is 55.2 Å². The highest BCUT2D eigenvalue weighted by atomic mass is 35.5. The summed E-state index contributed by atoms with van der Waals surface area (Å²) >= 11 is 12.2. The number of anilines is 1. The first kappa shape index (κ1) is 26.3. The number of amides is 1. The maximum absolute atomic E-state index is 15.4. The van der Waals surface area contributed by atoms with Gasteiger partial charge >= 0.3 is 6.18 Å². The number of halogens is 5. The third-order valence-corrected chi connectivity index (χ3v) is 7.81. The summed E-state index contributed by atoms with van der Waals surface area (Å²) in [6, 6.07) is 12.0. The van der Waals surface area contributed by atoms with E-state index in [9.17, 15) is 14.4 Å². The number of aryl methyl sites for hydroxylation is 1. The van der Waals surface area contributed by atoms with Crippen molar-refractivity contribution in [2.45, 2.75) is 45.2 Å². The summed E-state index contributed by atoms with van der Waals surface area (Å²) in [5.41, 5.74) is -6.85. The van der Waals surface area contributed by atoms with E-state index in [1.54, 1.807) is 44.2 Å². The van der Waals surface area contributed by atoms with Crippen molar-refractivity contribution in [3.63, 3.8) is 0 Å². The van der Waals surface area contributed by atoms with Crippen LogP contribution in [0.25, 0.3) is 5.69 Å². The molecule has 0 radical (unpaired) electrons. The standard InChI is InChI=1S/C27H22Cl2F3N3O3/c1-14-21(23(37)35(33-14)15-7-5-4-6-8-15)26(27(30,31)32)22-19(12-25(2,3)13-20(22)36)34(24(26)38)16-9-10-17(28)18(29)11-16/h4-11,33H,12-13H2,1-3H3/t26-/m0/s1. The number of benzene rings is 2. The lowest BCUT2D eigenvalue weighted by Crippen LogP contribution is -2.55. The number of rotatable bonds is 3. The van der Waals surface area contributed by atoms with Crippen molar-refractivity contribution in [1.29, 1.82) is 0 Å². The lowest BCUT2D eigenvalue weighted by molar-refractivity contribution is -0.184. The predicted molar refractivity (Wildman–Crippen MR) is 138 cm³/mol. The second kappa shape index (κ2) is 8.61. The molecule has 198 valence electrons. The van der Waals surface area contributed by atoms with Crippen molar-refractivity contribution in [3.05, 3.63) is 91.5 Å². The third-order valence-electron chi connectivity index (χ3n) is 7.07. The molecule has 38 heavy (non-hydrogen) atoms. The topological polar surface area (TPSA) is 75.2 Å². The molecule has 1 aliphatic heterocycles. The van der Waals surface area contributed by atoms with Crippen LogP contribution in [0.5, 0.6) is 0 Å². The van der Waals surface area contributed by atoms with Gasteiger partial charge in [-0.3, -0.25) is 24.4 Å². The van der Waals surface area contributed by atoms with E-state index in [2.05, 4.69) is 5.10 Å². The number of allylic oxidation sites excluding steroid dienone is 1. The number of nitrogens with zero attached hydrogens (tertiary/aromatic N) is 2. The number of Topliss-reactive ketones (excluding diaryl/α,β-unsaturated/α-hetero) is 1. The van der Waals surface area contributed by atoms with E-state index in [-0.39, 0.29) is 45.7 Å². The molecule has 0 fully saturated rings. The zero-order valence-electron chi connectivity index (χ0n) is 20.5. The number of carbonyl (C=O) groups is 2. The zero-order valence-corrected chi connectivity index (χ0v) is 22.1. The van der Waals surface area contributed by atoms with E-state index >= 15 is 13.2 Å². The number of nitrogens with one attached hydrogen (secondary N) is 1. The van der Waals surface area contributed by atoms with Gasteiger partial charge in [0.25, 0.3) is 11.5 Å². The van der Waals surface area contributed by atoms with Crippen LogP contribution in [0.3, 0.4) is 0 Å². The largest absolute Gasteiger partial charge is 0.411 e. The van der Waals surface area contributed by atoms with Gasteiger partial charge in [0, 0.05) is 23.4 Å². The smallest absolute Gasteiger partial charge is 0.295 e. The second-order valence-electron chi connectivity index (χ2n) is 10.3. The van der Waals surface area contributed by atoms with Crippen LogP contribution in [-0.2, 0) is 15.0 Å². The first-order chi connectivity index (χ1) is 17.7. The average Bonchev–Trinajstić information content (AvgIpc) is 3.25. The summed E-state index contributed by atoms with van der Waals surface area (Å²) in [7, 11) is 0. The molecule has 5 rings (SSSR count). The van der Waals surface area contributed by atoms with Gasteiger partial charge in [-0.15, -0.1) is 0 Å². The van der Waals surface area contributed by atoms with Crippen LogP contribution in [-0.4, -0.2) is 27.6 Å². The molecule has 0 saturated carbocycles. The summed E-state index contributed by atoms with van der Waals surface area (Å²) in [5.74, 6) is -2.30. The Kier molecular flexibility index (Phi) is 5.96. The summed E-state index contributed by atoms with van der Waals surface area (Å²) in [5, 5.41) is 2.85. The minimum atomic E-state index is -5.33. The molecule has 0 bridgehead atoms. The predicted octanol–water partition coefficient (Wildman–Crippen LogP) is 6.27. The maximum atomic E-state index is 15.4. The van der Waals surface area contributed by atoms with Crippen LogP contribution in [0.4, 0.5) is 18.9 Å². The van der Waals surface area contributed by atoms with E-state index in [4.69, 9.17) is 23.2 Å². The molecule has 1 aliphatic carbocycles. The molecule has 1 N–H and O–H groups in total. The second-order valence-corrected chi connectivity index (χ2v) is 11.2. The Labute approximate surface area is 225 Å². The SMILES string of the molecule is Cc1[nH]n(-c2ccccc2)c(=O)c1[C@@]1(C(F)(F)F)C(=O)N(c2ccc(Cl)c(Cl)c2)C2=C1C(=O)CC(C)(C)C2. The molecule has 0 saturated heterocycles. The van der Waals surface area contributed by atoms with E-state index in [1.807, 2.05) is 0 Å². The number of aromatic nitrogens is 2. The van der Waals surface area contributed by atoms with Crippen LogP contribution in [0, 0.1) is 12.3 Å². The van der Waals surface area contributed by atoms with Crippen LogP contribution >= 0.6 is 23.2 Å². The fraction of sp³-hybridized carbons (Fsp3) is 0.296. The summed E-state index contributed by atoms with van der Waals surface area (Å²) in [6.45, 7) is 4.77. The summed E-state index contributed by atoms with van der Waals surface area (Å²) in [4.78, 5) is 42.4. The molecular formula is C27H22Cl2F3N3O3. The Hall–Kier alpha value is -3.30. The van der Waals surface area contributed by atoms with Crippen molar-refractivity contribution in [3.8, 4) is 5.69 Å². The quantitative estimate of drug-likeness (QED) is 0.408. The molecule has 0 unspecified atom stereocenters. The molecule has 2 aliphatic rings. The Bertz CT molecular complexity index is 1590. The Balaban J connectivity index is 1.88. The van der Waals surface area contributed by atoms with Gasteiger partial charge in [0.15, 0.2) is 5.78 Å². The Morgan fingerprint density at radius 1 is 0.921 bits per heavy atom. The number of hydrogen-bond acceptors (Lipinski definition) is 3. The molecule has 1 atom stereocenters. The number of carbonyl (C=O) groups excluding carboxylic acids is 2. The van der Waals surface area contributed by atoms with E-state index in [0.29, 0.717) is 0 Å². The highest BCUT2D eigenvalue weighted by Crippen LogP contribution is 2.58. The molecule has 0 spiro atoms. The number of alkyl halides is 3. The summed E-state index contributed by atoms with van der Waals surface area (Å²) in [6.07, 6.45) is -5.55. The lowest BCUT2D eigenvalue weighted by Gasteiger charge is -2.35. The first-order valence-corrected chi connectivity index (χ1v) is 12.5. The monoisotopic (exact) mass is 563 g/mol. The van der Waals surface area contributed by atoms with Gasteiger partial charge in [0.2, 0.25) is 5.41 Å². The maximum Gasteiger partial charge on any atom is 0.411 e. The molecule has 2 heterocycles. The van der Waals surface area contributed by atoms with Crippen LogP contribution < -0.4 is 10.5 Å². The van der Waals surface area contributed by atoms with Crippen molar-refractivity contribution >= 4 is 40.6 Å². The number of ketones is 1. The van der Waals surface area contributed by atoms with E-state index in [1.165, 1.54) is 25.1 Å². The van der Waals surface area contributed by atoms with E-state index in [0.717, 1.165) is 9.58 Å². The van der Waals surface area contributed by atoms with Crippen molar-refractivity contribution in [2.75, 3.05) is 4.90 Å². The number of hydrogen-bond donors (Lipinski definition) is 1. The summed E-state index contributed by atoms with van der Waals surface area (Å²) < 4.78 is 47.3. The van der Waals surface area contributed by atoms with Crippen LogP contribution in [0.1, 0.15) is 37.9 Å². The molecule has 2 aromatic carbocycles. The van der Waals surface area contributed by atoms with Gasteiger partial charge in [0.05, 0.1) is 27.0 Å². The number of para-hydroxylation sites is 1. The highest BCUT2D eigenvalue weighted by molar-refractivity contribution is 6.42. The van der Waals surface area contributed by atoms with Gasteiger partial charge < -0.3 is 0 Å². The van der Waals surface area contributed by atoms with Crippen molar-refractivity contribution in [1.82, 2.24) is 9.78 Å². The van der Waals surface area contributed by atoms with Gasteiger partial charge in [-0.05, 0) is 49.1 Å². The minimum absolute atomic E-state index is 0.00572. The minimum Gasteiger partial charge on any atom is -0.295 e. The molecular weight excluding hydrogens is 542 g/mol. The zero-order chi connectivity index (χ0) is 27.8. The number of H-pyrrole nitrogens is 1. The van der Waals surface area contributed by atoms with Gasteiger partial charge in [-0.25, -0.2) is 4.68 Å². The van der Waals surface area contributed by atoms with Crippen LogP contribution in [0.15, 0.2) is 64.6 Å². The fourth-order valence-corrected chi connectivity index (χ4v) is 5.88. The Morgan fingerprint density at radius 2 is 1.58 bits per heavy atom.